The Morgan fingerprint density at radius 2 is 2.15 bits per heavy atom. The van der Waals surface area contributed by atoms with Gasteiger partial charge in [-0.2, -0.15) is 5.10 Å². The Morgan fingerprint density at radius 3 is 2.92 bits per heavy atom. The number of amides is 1. The topological polar surface area (TPSA) is 74.8 Å². The van der Waals surface area contributed by atoms with E-state index < -0.39 is 0 Å². The average molecular weight is 368 g/mol. The molecule has 1 amide bonds. The van der Waals surface area contributed by atoms with Gasteiger partial charge in [-0.1, -0.05) is 23.7 Å². The first-order chi connectivity index (χ1) is 12.6. The maximum atomic E-state index is 13.1. The molecule has 0 saturated heterocycles. The molecule has 1 aromatic carbocycles. The fourth-order valence-electron chi connectivity index (χ4n) is 3.47. The zero-order valence-corrected chi connectivity index (χ0v) is 15.3. The predicted octanol–water partition coefficient (Wildman–Crippen LogP) is 3.59. The standard InChI is InChI=1S/C19H18ClN5O/c1-11-4-3-5-13(16(11)20)19(26)25-9-7-14-17(12(25)2)21-10-22-18(14)15-6-8-23-24-15/h3-6,8,10,12H,7,9H2,1-2H3,(H,23,24)/t12-/m1/s1. The molecule has 1 aliphatic heterocycles. The molecule has 2 aromatic heterocycles. The van der Waals surface area contributed by atoms with Crippen LogP contribution in [0.15, 0.2) is 36.8 Å². The molecule has 0 saturated carbocycles. The number of benzene rings is 1. The minimum absolute atomic E-state index is 0.0708. The van der Waals surface area contributed by atoms with Crippen molar-refractivity contribution in [1.82, 2.24) is 25.1 Å². The molecule has 0 bridgehead atoms. The third-order valence-corrected chi connectivity index (χ3v) is 5.39. The zero-order valence-electron chi connectivity index (χ0n) is 14.5. The third kappa shape index (κ3) is 2.66. The van der Waals surface area contributed by atoms with Gasteiger partial charge in [-0.3, -0.25) is 9.89 Å². The molecule has 1 N–H and O–H groups in total. The zero-order chi connectivity index (χ0) is 18.3. The van der Waals surface area contributed by atoms with Crippen LogP contribution >= 0.6 is 11.6 Å². The molecule has 3 heterocycles. The van der Waals surface area contributed by atoms with E-state index in [9.17, 15) is 4.79 Å². The average Bonchev–Trinajstić information content (AvgIpc) is 3.18. The highest BCUT2D eigenvalue weighted by Gasteiger charge is 2.32. The molecule has 0 spiro atoms. The van der Waals surface area contributed by atoms with Gasteiger partial charge in [0.05, 0.1) is 33.7 Å². The maximum Gasteiger partial charge on any atom is 0.255 e. The van der Waals surface area contributed by atoms with Crippen LogP contribution in [0.3, 0.4) is 0 Å². The number of hydrogen-bond donors (Lipinski definition) is 1. The van der Waals surface area contributed by atoms with Crippen molar-refractivity contribution in [2.24, 2.45) is 0 Å². The summed E-state index contributed by atoms with van der Waals surface area (Å²) in [6.07, 6.45) is 3.93. The monoisotopic (exact) mass is 367 g/mol. The summed E-state index contributed by atoms with van der Waals surface area (Å²) in [6, 6.07) is 7.26. The fourth-order valence-corrected chi connectivity index (χ4v) is 3.68. The van der Waals surface area contributed by atoms with Crippen LogP contribution in [0.1, 0.15) is 40.1 Å². The highest BCUT2D eigenvalue weighted by Crippen LogP contribution is 2.34. The lowest BCUT2D eigenvalue weighted by Crippen LogP contribution is -2.39. The maximum absolute atomic E-state index is 13.1. The van der Waals surface area contributed by atoms with E-state index in [0.717, 1.165) is 28.2 Å². The van der Waals surface area contributed by atoms with Gasteiger partial charge in [0, 0.05) is 18.3 Å². The minimum Gasteiger partial charge on any atom is -0.330 e. The van der Waals surface area contributed by atoms with Gasteiger partial charge in [-0.05, 0) is 38.0 Å². The number of aromatic nitrogens is 4. The summed E-state index contributed by atoms with van der Waals surface area (Å²) in [5.74, 6) is -0.0708. The van der Waals surface area contributed by atoms with E-state index in [0.29, 0.717) is 23.6 Å². The van der Waals surface area contributed by atoms with Crippen molar-refractivity contribution in [3.05, 3.63) is 64.2 Å². The van der Waals surface area contributed by atoms with Crippen LogP contribution in [0.5, 0.6) is 0 Å². The minimum atomic E-state index is -0.160. The fraction of sp³-hybridized carbons (Fsp3) is 0.263. The molecule has 0 radical (unpaired) electrons. The lowest BCUT2D eigenvalue weighted by molar-refractivity contribution is 0.0673. The normalized spacial score (nSPS) is 16.4. The number of rotatable bonds is 2. The number of nitrogens with one attached hydrogen (secondary N) is 1. The second kappa shape index (κ2) is 6.53. The summed E-state index contributed by atoms with van der Waals surface area (Å²) >= 11 is 6.36. The van der Waals surface area contributed by atoms with Crippen LogP contribution < -0.4 is 0 Å². The number of halogens is 1. The lowest BCUT2D eigenvalue weighted by atomic mass is 9.95. The van der Waals surface area contributed by atoms with Gasteiger partial charge in [-0.25, -0.2) is 9.97 Å². The van der Waals surface area contributed by atoms with E-state index in [1.807, 2.05) is 36.9 Å². The molecule has 0 fully saturated rings. The Labute approximate surface area is 156 Å². The molecular formula is C19H18ClN5O. The number of fused-ring (bicyclic) bond motifs is 1. The van der Waals surface area contributed by atoms with Gasteiger partial charge < -0.3 is 4.90 Å². The molecule has 7 heteroatoms. The van der Waals surface area contributed by atoms with Crippen molar-refractivity contribution in [1.29, 1.82) is 0 Å². The van der Waals surface area contributed by atoms with Gasteiger partial charge in [0.2, 0.25) is 0 Å². The van der Waals surface area contributed by atoms with Crippen molar-refractivity contribution in [3.63, 3.8) is 0 Å². The van der Waals surface area contributed by atoms with Gasteiger partial charge in [-0.15, -0.1) is 0 Å². The quantitative estimate of drug-likeness (QED) is 0.751. The van der Waals surface area contributed by atoms with Gasteiger partial charge >= 0.3 is 0 Å². The molecule has 4 rings (SSSR count). The van der Waals surface area contributed by atoms with Crippen LogP contribution in [0.25, 0.3) is 11.4 Å². The number of hydrogen-bond acceptors (Lipinski definition) is 4. The van der Waals surface area contributed by atoms with E-state index in [4.69, 9.17) is 11.6 Å². The highest BCUT2D eigenvalue weighted by atomic mass is 35.5. The molecule has 0 unspecified atom stereocenters. The number of aromatic amines is 1. The first-order valence-electron chi connectivity index (χ1n) is 8.47. The number of carbonyl (C=O) groups excluding carboxylic acids is 1. The highest BCUT2D eigenvalue weighted by molar-refractivity contribution is 6.34. The Kier molecular flexibility index (Phi) is 4.20. The molecular weight excluding hydrogens is 350 g/mol. The summed E-state index contributed by atoms with van der Waals surface area (Å²) in [5.41, 5.74) is 5.06. The lowest BCUT2D eigenvalue weighted by Gasteiger charge is -2.35. The molecule has 132 valence electrons. The number of nitrogens with zero attached hydrogens (tertiary/aromatic N) is 4. The van der Waals surface area contributed by atoms with Crippen molar-refractivity contribution < 1.29 is 4.79 Å². The van der Waals surface area contributed by atoms with Crippen LogP contribution in [0, 0.1) is 6.92 Å². The first-order valence-corrected chi connectivity index (χ1v) is 8.85. The van der Waals surface area contributed by atoms with E-state index in [-0.39, 0.29) is 11.9 Å². The van der Waals surface area contributed by atoms with Crippen molar-refractivity contribution >= 4 is 17.5 Å². The summed E-state index contributed by atoms with van der Waals surface area (Å²) in [4.78, 5) is 23.8. The van der Waals surface area contributed by atoms with E-state index in [1.54, 1.807) is 18.6 Å². The second-order valence-electron chi connectivity index (χ2n) is 6.42. The third-order valence-electron chi connectivity index (χ3n) is 4.88. The van der Waals surface area contributed by atoms with E-state index in [2.05, 4.69) is 20.2 Å². The van der Waals surface area contributed by atoms with Crippen LogP contribution in [-0.2, 0) is 6.42 Å². The van der Waals surface area contributed by atoms with Crippen LogP contribution in [-0.4, -0.2) is 37.5 Å². The van der Waals surface area contributed by atoms with Gasteiger partial charge in [0.1, 0.15) is 6.33 Å². The van der Waals surface area contributed by atoms with Crippen LogP contribution in [0.4, 0.5) is 0 Å². The SMILES string of the molecule is Cc1cccc(C(=O)N2CCc3c(-c4ccn[nH]4)ncnc3[C@H]2C)c1Cl. The second-order valence-corrected chi connectivity index (χ2v) is 6.80. The Balaban J connectivity index is 1.71. The van der Waals surface area contributed by atoms with E-state index >= 15 is 0 Å². The van der Waals surface area contributed by atoms with Crippen molar-refractivity contribution in [2.75, 3.05) is 6.54 Å². The first kappa shape index (κ1) is 16.7. The Bertz CT molecular complexity index is 970. The van der Waals surface area contributed by atoms with E-state index in [1.165, 1.54) is 0 Å². The molecule has 0 aliphatic carbocycles. The number of aryl methyl sites for hydroxylation is 1. The van der Waals surface area contributed by atoms with Gasteiger partial charge in [0.25, 0.3) is 5.91 Å². The molecule has 1 atom stereocenters. The predicted molar refractivity (Wildman–Crippen MR) is 99.0 cm³/mol. The number of carbonyl (C=O) groups is 1. The van der Waals surface area contributed by atoms with Crippen LogP contribution in [0.2, 0.25) is 5.02 Å². The summed E-state index contributed by atoms with van der Waals surface area (Å²) in [6.45, 7) is 4.48. The molecule has 1 aliphatic rings. The Morgan fingerprint density at radius 1 is 1.31 bits per heavy atom. The molecule has 3 aromatic rings. The van der Waals surface area contributed by atoms with Crippen molar-refractivity contribution in [2.45, 2.75) is 26.3 Å². The largest absolute Gasteiger partial charge is 0.330 e. The molecule has 26 heavy (non-hydrogen) atoms. The smallest absolute Gasteiger partial charge is 0.255 e. The van der Waals surface area contributed by atoms with Gasteiger partial charge in [0.15, 0.2) is 0 Å². The summed E-state index contributed by atoms with van der Waals surface area (Å²) in [7, 11) is 0. The van der Waals surface area contributed by atoms with Crippen molar-refractivity contribution in [3.8, 4) is 11.4 Å². The summed E-state index contributed by atoms with van der Waals surface area (Å²) in [5, 5.41) is 7.47. The number of H-pyrrole nitrogens is 1. The Hall–Kier alpha value is -2.73. The summed E-state index contributed by atoms with van der Waals surface area (Å²) < 4.78 is 0. The molecule has 6 nitrogen and oxygen atoms in total.